The smallest absolute Gasteiger partial charge is 0.394 e. The molecule has 0 fully saturated rings. The zero-order chi connectivity index (χ0) is 4.50. The van der Waals surface area contributed by atoms with E-state index >= 15 is 0 Å². The summed E-state index contributed by atoms with van der Waals surface area (Å²) in [6, 6.07) is 0. The van der Waals surface area contributed by atoms with E-state index in [0.717, 1.165) is 0 Å². The second-order valence-corrected chi connectivity index (χ2v) is 1.34. The van der Waals surface area contributed by atoms with Crippen LogP contribution in [0.3, 0.4) is 0 Å². The van der Waals surface area contributed by atoms with E-state index in [2.05, 4.69) is 0 Å². The van der Waals surface area contributed by atoms with Gasteiger partial charge < -0.3 is 11.0 Å². The third kappa shape index (κ3) is 490. The van der Waals surface area contributed by atoms with Crippen molar-refractivity contribution in [3.05, 3.63) is 0 Å². The van der Waals surface area contributed by atoms with Gasteiger partial charge >= 0.3 is 10.4 Å². The molecule has 6 N–H and O–H groups in total. The first-order valence-electron chi connectivity index (χ1n) is 0.698. The van der Waals surface area contributed by atoms with E-state index in [1.807, 2.05) is 0 Å². The third-order valence-electron chi connectivity index (χ3n) is 0. The number of rotatable bonds is 0. The van der Waals surface area contributed by atoms with Gasteiger partial charge in [-0.3, -0.25) is 9.11 Å². The molecule has 0 atom stereocenters. The summed E-state index contributed by atoms with van der Waals surface area (Å²) >= 11 is 0. The van der Waals surface area contributed by atoms with Crippen LogP contribution in [0.1, 0.15) is 0 Å². The van der Waals surface area contributed by atoms with Crippen LogP contribution < -0.4 is 0 Å². The van der Waals surface area contributed by atoms with E-state index in [-0.39, 0.29) is 36.8 Å². The van der Waals surface area contributed by atoms with Crippen LogP contribution in [0.2, 0.25) is 0 Å². The average Bonchev–Trinajstić information content (AvgIpc) is 0.722. The van der Waals surface area contributed by atoms with Gasteiger partial charge in [0.25, 0.3) is 0 Å². The Morgan fingerprint density at radius 3 is 1.00 bits per heavy atom. The number of hydrogen-bond donors (Lipinski definition) is 2. The Hall–Kier alpha value is 0.660. The molecule has 0 aliphatic rings. The van der Waals surface area contributed by atoms with Crippen molar-refractivity contribution in [2.75, 3.05) is 0 Å². The molecule has 0 unspecified atom stereocenters. The SMILES string of the molecule is O.O.O=S(=O)(O)O.[Hf]. The predicted molar refractivity (Wildman–Crippen MR) is 21.4 cm³/mol. The normalized spacial score (nSPS) is 7.25. The topological polar surface area (TPSA) is 138 Å². The van der Waals surface area contributed by atoms with Gasteiger partial charge in [0.1, 0.15) is 0 Å². The van der Waals surface area contributed by atoms with E-state index in [1.54, 1.807) is 0 Å². The second-order valence-electron chi connectivity index (χ2n) is 0.448. The Bertz CT molecular complexity index is 91.7. The van der Waals surface area contributed by atoms with Crippen molar-refractivity contribution in [2.45, 2.75) is 0 Å². The van der Waals surface area contributed by atoms with Crippen LogP contribution in [0.4, 0.5) is 0 Å². The molecule has 6 nitrogen and oxygen atoms in total. The van der Waals surface area contributed by atoms with Crippen LogP contribution >= 0.6 is 0 Å². The molecular weight excluding hydrogens is 307 g/mol. The summed E-state index contributed by atoms with van der Waals surface area (Å²) in [5, 5.41) is 0. The fraction of sp³-hybridized carbons (Fsp3) is 0. The van der Waals surface area contributed by atoms with Gasteiger partial charge in [0.15, 0.2) is 0 Å². The van der Waals surface area contributed by atoms with Crippen molar-refractivity contribution in [3.8, 4) is 0 Å². The molecule has 0 spiro atoms. The zero-order valence-electron chi connectivity index (χ0n) is 3.62. The predicted octanol–water partition coefficient (Wildman–Crippen LogP) is -2.30. The van der Waals surface area contributed by atoms with Gasteiger partial charge in [-0.1, -0.05) is 0 Å². The van der Waals surface area contributed by atoms with Crippen molar-refractivity contribution in [1.82, 2.24) is 0 Å². The van der Waals surface area contributed by atoms with Gasteiger partial charge in [0, 0.05) is 25.8 Å². The fourth-order valence-corrected chi connectivity index (χ4v) is 0. The Labute approximate surface area is 64.9 Å². The Morgan fingerprint density at radius 2 is 1.00 bits per heavy atom. The molecule has 0 aliphatic carbocycles. The maximum atomic E-state index is 8.74. The first-order chi connectivity index (χ1) is 2.00. The fourth-order valence-electron chi connectivity index (χ4n) is 0. The van der Waals surface area contributed by atoms with E-state index in [4.69, 9.17) is 17.5 Å². The summed E-state index contributed by atoms with van der Waals surface area (Å²) in [5.41, 5.74) is 0. The Kier molecular flexibility index (Phi) is 22.4. The summed E-state index contributed by atoms with van der Waals surface area (Å²) in [5.74, 6) is 0. The minimum absolute atomic E-state index is 0. The average molecular weight is 313 g/mol. The molecule has 0 aromatic rings. The summed E-state index contributed by atoms with van der Waals surface area (Å²) < 4.78 is 31.6. The van der Waals surface area contributed by atoms with Crippen molar-refractivity contribution in [2.24, 2.45) is 0 Å². The Morgan fingerprint density at radius 1 is 1.00 bits per heavy atom. The largest absolute Gasteiger partial charge is 0.412 e. The summed E-state index contributed by atoms with van der Waals surface area (Å²) in [4.78, 5) is 0. The first kappa shape index (κ1) is 23.4. The maximum absolute atomic E-state index is 8.74. The molecule has 52 valence electrons. The van der Waals surface area contributed by atoms with Crippen LogP contribution in [0.25, 0.3) is 0 Å². The molecule has 0 aromatic carbocycles. The van der Waals surface area contributed by atoms with Gasteiger partial charge in [-0.05, 0) is 0 Å². The standard InChI is InChI=1S/Hf.H2O4S.2H2O/c;1-5(2,3)4;;/h;(H2,1,2,3,4);2*1H2. The van der Waals surface area contributed by atoms with Crippen molar-refractivity contribution < 1.29 is 54.3 Å². The second kappa shape index (κ2) is 7.66. The number of hydrogen-bond acceptors (Lipinski definition) is 2. The van der Waals surface area contributed by atoms with Crippen molar-refractivity contribution in [3.63, 3.8) is 0 Å². The first-order valence-corrected chi connectivity index (χ1v) is 2.10. The molecule has 0 heterocycles. The van der Waals surface area contributed by atoms with Gasteiger partial charge in [0.2, 0.25) is 0 Å². The quantitative estimate of drug-likeness (QED) is 0.383. The van der Waals surface area contributed by atoms with E-state index in [9.17, 15) is 0 Å². The molecule has 0 aliphatic heterocycles. The van der Waals surface area contributed by atoms with Gasteiger partial charge in [-0.2, -0.15) is 8.42 Å². The molecule has 0 rings (SSSR count). The van der Waals surface area contributed by atoms with Crippen LogP contribution in [0.15, 0.2) is 0 Å². The summed E-state index contributed by atoms with van der Waals surface area (Å²) in [7, 11) is -4.67. The maximum Gasteiger partial charge on any atom is 0.394 e. The molecule has 0 amide bonds. The van der Waals surface area contributed by atoms with E-state index in [1.165, 1.54) is 0 Å². The molecule has 0 aromatic heterocycles. The minimum atomic E-state index is -4.67. The van der Waals surface area contributed by atoms with E-state index < -0.39 is 10.4 Å². The molecule has 8 heteroatoms. The molecular formula is H6HfO6S. The molecule has 0 radical (unpaired) electrons. The van der Waals surface area contributed by atoms with Crippen LogP contribution in [0, 0.1) is 0 Å². The van der Waals surface area contributed by atoms with Crippen LogP contribution in [0.5, 0.6) is 0 Å². The molecule has 0 bridgehead atoms. The van der Waals surface area contributed by atoms with Crippen molar-refractivity contribution >= 4 is 10.4 Å². The Balaban J connectivity index is -0.0000000267. The van der Waals surface area contributed by atoms with Gasteiger partial charge in [0.05, 0.1) is 0 Å². The van der Waals surface area contributed by atoms with Crippen LogP contribution in [-0.4, -0.2) is 28.5 Å². The van der Waals surface area contributed by atoms with Crippen molar-refractivity contribution in [1.29, 1.82) is 0 Å². The van der Waals surface area contributed by atoms with Crippen LogP contribution in [-0.2, 0) is 36.2 Å². The summed E-state index contributed by atoms with van der Waals surface area (Å²) in [6.45, 7) is 0. The molecule has 8 heavy (non-hydrogen) atoms. The zero-order valence-corrected chi connectivity index (χ0v) is 8.03. The summed E-state index contributed by atoms with van der Waals surface area (Å²) in [6.07, 6.45) is 0. The van der Waals surface area contributed by atoms with E-state index in [0.29, 0.717) is 0 Å². The molecule has 0 saturated carbocycles. The monoisotopic (exact) mass is 314 g/mol. The molecule has 0 saturated heterocycles. The third-order valence-corrected chi connectivity index (χ3v) is 0. The minimum Gasteiger partial charge on any atom is -0.412 e. The van der Waals surface area contributed by atoms with Gasteiger partial charge in [-0.25, -0.2) is 0 Å². The van der Waals surface area contributed by atoms with Gasteiger partial charge in [-0.15, -0.1) is 0 Å².